The molecule has 0 N–H and O–H groups in total. The first kappa shape index (κ1) is 22.7. The lowest BCUT2D eigenvalue weighted by Crippen LogP contribution is -2.43. The molecule has 0 saturated carbocycles. The highest BCUT2D eigenvalue weighted by Crippen LogP contribution is 2.40. The highest BCUT2D eigenvalue weighted by molar-refractivity contribution is 6.74. The Morgan fingerprint density at radius 2 is 1.83 bits per heavy atom. The number of aromatic nitrogens is 2. The van der Waals surface area contributed by atoms with Crippen molar-refractivity contribution in [1.29, 1.82) is 0 Å². The molecule has 0 atom stereocenters. The molecule has 1 aromatic carbocycles. The molecule has 0 radical (unpaired) electrons. The third kappa shape index (κ3) is 5.73. The van der Waals surface area contributed by atoms with Gasteiger partial charge >= 0.3 is 5.97 Å². The van der Waals surface area contributed by atoms with Crippen molar-refractivity contribution in [2.24, 2.45) is 0 Å². The average Bonchev–Trinajstić information content (AvgIpc) is 2.99. The molecular weight excluding hydrogens is 384 g/mol. The number of benzene rings is 1. The third-order valence-electron chi connectivity index (χ3n) is 5.31. The molecule has 0 aliphatic rings. The first-order valence-corrected chi connectivity index (χ1v) is 12.5. The predicted octanol–water partition coefficient (Wildman–Crippen LogP) is 4.93. The first-order chi connectivity index (χ1) is 13.5. The Hall–Kier alpha value is -2.54. The summed E-state index contributed by atoms with van der Waals surface area (Å²) in [4.78, 5) is 11.5. The van der Waals surface area contributed by atoms with Gasteiger partial charge in [0.05, 0.1) is 19.9 Å². The SMILES string of the molecule is COC(=O)Cn1nc(C=Cc2ccc(O[Si](C)(C)C(C)(C)C)c(OC)c2)cc1C. The molecular formula is C22H32N2O4Si. The molecule has 0 aliphatic carbocycles. The summed E-state index contributed by atoms with van der Waals surface area (Å²) < 4.78 is 18.3. The van der Waals surface area contributed by atoms with E-state index in [0.29, 0.717) is 5.75 Å². The molecule has 2 aromatic rings. The van der Waals surface area contributed by atoms with Crippen LogP contribution in [0.3, 0.4) is 0 Å². The number of carbonyl (C=O) groups excluding carboxylic acids is 1. The van der Waals surface area contributed by atoms with Crippen molar-refractivity contribution < 1.29 is 18.7 Å². The van der Waals surface area contributed by atoms with E-state index in [1.165, 1.54) is 7.11 Å². The number of esters is 1. The van der Waals surface area contributed by atoms with Crippen molar-refractivity contribution >= 4 is 26.4 Å². The molecule has 29 heavy (non-hydrogen) atoms. The van der Waals surface area contributed by atoms with Gasteiger partial charge in [-0.1, -0.05) is 32.9 Å². The number of rotatable bonds is 7. The van der Waals surface area contributed by atoms with Crippen LogP contribution in [-0.4, -0.2) is 38.3 Å². The number of carbonyl (C=O) groups is 1. The summed E-state index contributed by atoms with van der Waals surface area (Å²) >= 11 is 0. The van der Waals surface area contributed by atoms with Gasteiger partial charge in [-0.2, -0.15) is 5.10 Å². The minimum atomic E-state index is -1.95. The molecule has 0 bridgehead atoms. The van der Waals surface area contributed by atoms with E-state index >= 15 is 0 Å². The van der Waals surface area contributed by atoms with E-state index in [-0.39, 0.29) is 17.6 Å². The van der Waals surface area contributed by atoms with Crippen molar-refractivity contribution in [3.63, 3.8) is 0 Å². The Morgan fingerprint density at radius 1 is 1.14 bits per heavy atom. The van der Waals surface area contributed by atoms with E-state index in [4.69, 9.17) is 13.9 Å². The molecule has 0 spiro atoms. The number of ether oxygens (including phenoxy) is 2. The number of hydrogen-bond acceptors (Lipinski definition) is 5. The quantitative estimate of drug-likeness (QED) is 0.473. The van der Waals surface area contributed by atoms with Gasteiger partial charge in [0.25, 0.3) is 8.32 Å². The lowest BCUT2D eigenvalue weighted by molar-refractivity contribution is -0.141. The predicted molar refractivity (Wildman–Crippen MR) is 119 cm³/mol. The summed E-state index contributed by atoms with van der Waals surface area (Å²) in [5, 5.41) is 4.54. The van der Waals surface area contributed by atoms with Gasteiger partial charge in [0.1, 0.15) is 12.3 Å². The zero-order valence-electron chi connectivity index (χ0n) is 18.7. The van der Waals surface area contributed by atoms with E-state index in [1.54, 1.807) is 11.8 Å². The minimum Gasteiger partial charge on any atom is -0.541 e. The standard InChI is InChI=1S/C22H32N2O4Si/c1-16-13-18(23-24(16)15-21(25)27-6)11-9-17-10-12-19(20(14-17)26-5)28-29(7,8)22(2,3)4/h9-14H,15H2,1-8H3. The largest absolute Gasteiger partial charge is 0.541 e. The maximum Gasteiger partial charge on any atom is 0.327 e. The van der Waals surface area contributed by atoms with E-state index in [2.05, 4.69) is 39.0 Å². The van der Waals surface area contributed by atoms with Crippen LogP contribution in [0.15, 0.2) is 24.3 Å². The summed E-state index contributed by atoms with van der Waals surface area (Å²) in [6.45, 7) is 13.1. The summed E-state index contributed by atoms with van der Waals surface area (Å²) in [7, 11) is 1.07. The normalized spacial score (nSPS) is 12.3. The highest BCUT2D eigenvalue weighted by atomic mass is 28.4. The molecule has 0 fully saturated rings. The zero-order valence-corrected chi connectivity index (χ0v) is 19.7. The average molecular weight is 417 g/mol. The molecule has 158 valence electrons. The number of nitrogens with zero attached hydrogens (tertiary/aromatic N) is 2. The Labute approximate surface area is 174 Å². The van der Waals surface area contributed by atoms with Crippen LogP contribution >= 0.6 is 0 Å². The molecule has 7 heteroatoms. The monoisotopic (exact) mass is 416 g/mol. The molecule has 1 aromatic heterocycles. The second-order valence-electron chi connectivity index (χ2n) is 8.55. The van der Waals surface area contributed by atoms with Crippen molar-refractivity contribution in [1.82, 2.24) is 9.78 Å². The van der Waals surface area contributed by atoms with Crippen LogP contribution in [0, 0.1) is 6.92 Å². The van der Waals surface area contributed by atoms with Crippen LogP contribution in [0.4, 0.5) is 0 Å². The minimum absolute atomic E-state index is 0.101. The van der Waals surface area contributed by atoms with Gasteiger partial charge in [-0.05, 0) is 54.9 Å². The molecule has 0 saturated heterocycles. The Balaban J connectivity index is 2.20. The second kappa shape index (κ2) is 8.86. The van der Waals surface area contributed by atoms with Gasteiger partial charge in [0.2, 0.25) is 0 Å². The fourth-order valence-electron chi connectivity index (χ4n) is 2.45. The third-order valence-corrected chi connectivity index (χ3v) is 9.65. The number of aryl methyl sites for hydroxylation is 1. The van der Waals surface area contributed by atoms with E-state index in [9.17, 15) is 4.79 Å². The molecule has 1 heterocycles. The van der Waals surface area contributed by atoms with Gasteiger partial charge in [-0.25, -0.2) is 0 Å². The van der Waals surface area contributed by atoms with Crippen LogP contribution in [0.5, 0.6) is 11.5 Å². The van der Waals surface area contributed by atoms with Crippen LogP contribution in [0.25, 0.3) is 12.2 Å². The van der Waals surface area contributed by atoms with E-state index < -0.39 is 8.32 Å². The summed E-state index contributed by atoms with van der Waals surface area (Å²) in [5.41, 5.74) is 2.64. The Bertz CT molecular complexity index is 895. The zero-order chi connectivity index (χ0) is 21.8. The Kier molecular flexibility index (Phi) is 6.95. The van der Waals surface area contributed by atoms with E-state index in [0.717, 1.165) is 22.7 Å². The van der Waals surface area contributed by atoms with Gasteiger partial charge in [-0.3, -0.25) is 9.48 Å². The lowest BCUT2D eigenvalue weighted by atomic mass is 10.2. The maximum absolute atomic E-state index is 11.5. The van der Waals surface area contributed by atoms with Crippen molar-refractivity contribution in [2.75, 3.05) is 14.2 Å². The van der Waals surface area contributed by atoms with Crippen LogP contribution in [0.2, 0.25) is 18.1 Å². The van der Waals surface area contributed by atoms with Crippen molar-refractivity contribution in [2.45, 2.75) is 52.4 Å². The van der Waals surface area contributed by atoms with Crippen molar-refractivity contribution in [3.8, 4) is 11.5 Å². The lowest BCUT2D eigenvalue weighted by Gasteiger charge is -2.36. The van der Waals surface area contributed by atoms with Gasteiger partial charge in [-0.15, -0.1) is 0 Å². The topological polar surface area (TPSA) is 62.6 Å². The molecule has 2 rings (SSSR count). The fourth-order valence-corrected chi connectivity index (χ4v) is 3.47. The molecule has 0 aliphatic heterocycles. The Morgan fingerprint density at radius 3 is 2.41 bits per heavy atom. The maximum atomic E-state index is 11.5. The smallest absolute Gasteiger partial charge is 0.327 e. The molecule has 0 unspecified atom stereocenters. The second-order valence-corrected chi connectivity index (χ2v) is 13.3. The van der Waals surface area contributed by atoms with Crippen LogP contribution in [-0.2, 0) is 16.1 Å². The van der Waals surface area contributed by atoms with Crippen molar-refractivity contribution in [3.05, 3.63) is 41.2 Å². The van der Waals surface area contributed by atoms with Gasteiger partial charge < -0.3 is 13.9 Å². The van der Waals surface area contributed by atoms with Gasteiger partial charge in [0.15, 0.2) is 5.75 Å². The van der Waals surface area contributed by atoms with Gasteiger partial charge in [0, 0.05) is 5.69 Å². The van der Waals surface area contributed by atoms with Crippen LogP contribution in [0.1, 0.15) is 37.7 Å². The number of hydrogen-bond donors (Lipinski definition) is 0. The molecule has 6 nitrogen and oxygen atoms in total. The van der Waals surface area contributed by atoms with E-state index in [1.807, 2.05) is 43.3 Å². The summed E-state index contributed by atoms with van der Waals surface area (Å²) in [6, 6.07) is 7.84. The highest BCUT2D eigenvalue weighted by Gasteiger charge is 2.39. The first-order valence-electron chi connectivity index (χ1n) is 9.63. The summed E-state index contributed by atoms with van der Waals surface area (Å²) in [6.07, 6.45) is 3.87. The molecule has 0 amide bonds. The summed E-state index contributed by atoms with van der Waals surface area (Å²) in [5.74, 6) is 1.16. The fraction of sp³-hybridized carbons (Fsp3) is 0.455. The number of methoxy groups -OCH3 is 2. The van der Waals surface area contributed by atoms with Crippen LogP contribution < -0.4 is 9.16 Å².